The second-order valence-electron chi connectivity index (χ2n) is 9.26. The summed E-state index contributed by atoms with van der Waals surface area (Å²) >= 11 is 0. The van der Waals surface area contributed by atoms with Gasteiger partial charge in [-0.2, -0.15) is 4.39 Å². The van der Waals surface area contributed by atoms with Crippen molar-refractivity contribution in [3.05, 3.63) is 47.5 Å². The highest BCUT2D eigenvalue weighted by atomic mass is 19.1. The van der Waals surface area contributed by atoms with Gasteiger partial charge >= 0.3 is 0 Å². The van der Waals surface area contributed by atoms with Crippen molar-refractivity contribution < 1.29 is 18.8 Å². The second-order valence-corrected chi connectivity index (χ2v) is 9.26. The minimum absolute atomic E-state index is 0.0695. The molecule has 0 radical (unpaired) electrons. The van der Waals surface area contributed by atoms with Gasteiger partial charge in [-0.3, -0.25) is 25.3 Å². The molecule has 1 saturated heterocycles. The average molecular weight is 485 g/mol. The van der Waals surface area contributed by atoms with Crippen LogP contribution in [-0.4, -0.2) is 47.0 Å². The van der Waals surface area contributed by atoms with Crippen molar-refractivity contribution in [1.82, 2.24) is 20.5 Å². The zero-order valence-corrected chi connectivity index (χ0v) is 20.1. The first-order chi connectivity index (χ1) is 17.0. The van der Waals surface area contributed by atoms with Gasteiger partial charge in [-0.05, 0) is 31.2 Å². The third-order valence-corrected chi connectivity index (χ3v) is 6.63. The van der Waals surface area contributed by atoms with E-state index in [1.54, 1.807) is 6.92 Å². The Morgan fingerprint density at radius 2 is 1.97 bits per heavy atom. The molecular weight excluding hydrogens is 451 g/mol. The molecule has 1 aromatic heterocycles. The number of rotatable bonds is 12. The summed E-state index contributed by atoms with van der Waals surface area (Å²) in [4.78, 5) is 40.7. The number of aryl methyl sites for hydroxylation is 1. The fourth-order valence-electron chi connectivity index (χ4n) is 4.58. The lowest BCUT2D eigenvalue weighted by atomic mass is 9.92. The van der Waals surface area contributed by atoms with Crippen molar-refractivity contribution in [1.29, 1.82) is 0 Å². The molecule has 2 heterocycles. The Bertz CT molecular complexity index is 998. The van der Waals surface area contributed by atoms with Gasteiger partial charge in [0.25, 0.3) is 0 Å². The maximum atomic E-state index is 15.0. The summed E-state index contributed by atoms with van der Waals surface area (Å²) < 4.78 is 15.0. The molecule has 10 heteroatoms. The smallest absolute Gasteiger partial charge is 0.243 e. The van der Waals surface area contributed by atoms with E-state index < -0.39 is 11.7 Å². The number of carbonyl (C=O) groups excluding carboxylic acids is 2. The molecule has 35 heavy (non-hydrogen) atoms. The molecule has 2 aliphatic rings. The molecule has 1 atom stereocenters. The normalized spacial score (nSPS) is 16.5. The Labute approximate surface area is 205 Å². The quantitative estimate of drug-likeness (QED) is 0.352. The van der Waals surface area contributed by atoms with Crippen LogP contribution in [0.2, 0.25) is 0 Å². The van der Waals surface area contributed by atoms with E-state index in [-0.39, 0.29) is 30.7 Å². The number of hydrogen-bond donors (Lipinski definition) is 2. The van der Waals surface area contributed by atoms with Gasteiger partial charge in [-0.1, -0.05) is 56.0 Å². The first kappa shape index (κ1) is 24.8. The largest absolute Gasteiger partial charge is 0.354 e. The van der Waals surface area contributed by atoms with Gasteiger partial charge in [0, 0.05) is 13.1 Å². The molecule has 0 unspecified atom stereocenters. The van der Waals surface area contributed by atoms with E-state index in [0.717, 1.165) is 50.8 Å². The number of aromatic nitrogens is 2. The number of halogens is 1. The molecular formula is C25H33FN6O3. The molecule has 1 aliphatic carbocycles. The van der Waals surface area contributed by atoms with Crippen molar-refractivity contribution >= 4 is 24.0 Å². The monoisotopic (exact) mass is 484 g/mol. The zero-order chi connectivity index (χ0) is 24.6. The molecule has 2 amide bonds. The van der Waals surface area contributed by atoms with Crippen LogP contribution in [0.1, 0.15) is 49.9 Å². The minimum Gasteiger partial charge on any atom is -0.354 e. The van der Waals surface area contributed by atoms with Gasteiger partial charge in [0.15, 0.2) is 11.6 Å². The predicted molar refractivity (Wildman–Crippen MR) is 129 cm³/mol. The number of hydrazine groups is 1. The summed E-state index contributed by atoms with van der Waals surface area (Å²) in [6, 6.07) is 9.51. The molecule has 1 aromatic carbocycles. The minimum atomic E-state index is -0.594. The van der Waals surface area contributed by atoms with Crippen LogP contribution in [0.3, 0.4) is 0 Å². The van der Waals surface area contributed by atoms with Gasteiger partial charge < -0.3 is 4.90 Å². The number of nitrogens with one attached hydrogen (secondary N) is 2. The van der Waals surface area contributed by atoms with E-state index in [2.05, 4.69) is 20.8 Å². The van der Waals surface area contributed by atoms with Gasteiger partial charge in [0.1, 0.15) is 12.4 Å². The number of hydrogen-bond acceptors (Lipinski definition) is 7. The lowest BCUT2D eigenvalue weighted by molar-refractivity contribution is -0.182. The molecule has 2 aromatic rings. The fourth-order valence-corrected chi connectivity index (χ4v) is 4.58. The molecule has 188 valence electrons. The standard InChI is InChI=1S/C25H33FN6O3/c1-18-27-23(22(26)24(28-18)31-12-7-13-31)29-30-25(34)21(14-19-8-5-6-9-19)15-32(17-33)35-16-20-10-3-2-4-11-20/h2-4,10-11,17,19,21H,5-9,12-16H2,1H3,(H,30,34)(H,27,28,29)/t21-/m1/s1. The molecule has 0 spiro atoms. The summed E-state index contributed by atoms with van der Waals surface area (Å²) in [6.07, 6.45) is 6.61. The van der Waals surface area contributed by atoms with Gasteiger partial charge in [-0.25, -0.2) is 15.0 Å². The van der Waals surface area contributed by atoms with Crippen molar-refractivity contribution in [3.63, 3.8) is 0 Å². The second kappa shape index (κ2) is 11.9. The van der Waals surface area contributed by atoms with Crippen molar-refractivity contribution in [3.8, 4) is 0 Å². The van der Waals surface area contributed by atoms with Crippen LogP contribution < -0.4 is 15.8 Å². The number of hydroxylamine groups is 2. The SMILES string of the molecule is Cc1nc(NNC(=O)[C@H](CC2CCCC2)CN(C=O)OCc2ccccc2)c(F)c(N2CCC2)n1. The van der Waals surface area contributed by atoms with Crippen LogP contribution in [0.25, 0.3) is 0 Å². The van der Waals surface area contributed by atoms with Gasteiger partial charge in [0.05, 0.1) is 12.5 Å². The molecule has 2 N–H and O–H groups in total. The van der Waals surface area contributed by atoms with E-state index in [4.69, 9.17) is 4.84 Å². The van der Waals surface area contributed by atoms with Crippen LogP contribution in [0.5, 0.6) is 0 Å². The van der Waals surface area contributed by atoms with Crippen LogP contribution >= 0.6 is 0 Å². The molecule has 0 bridgehead atoms. The number of amides is 2. The summed E-state index contributed by atoms with van der Waals surface area (Å²) in [5.41, 5.74) is 6.18. The molecule has 4 rings (SSSR count). The third-order valence-electron chi connectivity index (χ3n) is 6.63. The van der Waals surface area contributed by atoms with Gasteiger partial charge in [-0.15, -0.1) is 0 Å². The summed E-state index contributed by atoms with van der Waals surface area (Å²) in [7, 11) is 0. The number of carbonyl (C=O) groups is 2. The Morgan fingerprint density at radius 1 is 1.23 bits per heavy atom. The van der Waals surface area contributed by atoms with E-state index in [1.807, 2.05) is 35.2 Å². The maximum absolute atomic E-state index is 15.0. The van der Waals surface area contributed by atoms with E-state index in [0.29, 0.717) is 24.6 Å². The predicted octanol–water partition coefficient (Wildman–Crippen LogP) is 3.36. The van der Waals surface area contributed by atoms with Gasteiger partial charge in [0.2, 0.25) is 18.1 Å². The Hall–Kier alpha value is -3.27. The zero-order valence-electron chi connectivity index (χ0n) is 20.1. The summed E-state index contributed by atoms with van der Waals surface area (Å²) in [5.74, 6) is -0.466. The van der Waals surface area contributed by atoms with Crippen LogP contribution in [0, 0.1) is 24.6 Å². The molecule has 1 saturated carbocycles. The Balaban J connectivity index is 1.40. The molecule has 9 nitrogen and oxygen atoms in total. The van der Waals surface area contributed by atoms with Crippen LogP contribution in [0.15, 0.2) is 30.3 Å². The van der Waals surface area contributed by atoms with Crippen molar-refractivity contribution in [2.45, 2.75) is 52.1 Å². The Morgan fingerprint density at radius 3 is 2.63 bits per heavy atom. The van der Waals surface area contributed by atoms with E-state index >= 15 is 0 Å². The third kappa shape index (κ3) is 6.66. The first-order valence-electron chi connectivity index (χ1n) is 12.3. The topological polar surface area (TPSA) is 99.7 Å². The van der Waals surface area contributed by atoms with E-state index in [1.165, 1.54) is 5.06 Å². The van der Waals surface area contributed by atoms with Crippen LogP contribution in [-0.2, 0) is 21.0 Å². The number of anilines is 2. The highest BCUT2D eigenvalue weighted by molar-refractivity contribution is 5.80. The first-order valence-corrected chi connectivity index (χ1v) is 12.3. The molecule has 2 fully saturated rings. The van der Waals surface area contributed by atoms with Crippen LogP contribution in [0.4, 0.5) is 16.0 Å². The lowest BCUT2D eigenvalue weighted by Crippen LogP contribution is -2.42. The Kier molecular flexibility index (Phi) is 8.46. The highest BCUT2D eigenvalue weighted by Gasteiger charge is 2.28. The van der Waals surface area contributed by atoms with Crippen molar-refractivity contribution in [2.75, 3.05) is 30.0 Å². The lowest BCUT2D eigenvalue weighted by Gasteiger charge is -2.32. The summed E-state index contributed by atoms with van der Waals surface area (Å²) in [6.45, 7) is 3.50. The summed E-state index contributed by atoms with van der Waals surface area (Å²) in [5, 5.41) is 1.17. The number of nitrogens with zero attached hydrogens (tertiary/aromatic N) is 4. The van der Waals surface area contributed by atoms with Crippen molar-refractivity contribution in [2.24, 2.45) is 11.8 Å². The fraction of sp³-hybridized carbons (Fsp3) is 0.520. The number of benzene rings is 1. The average Bonchev–Trinajstić information content (AvgIpc) is 3.34. The molecule has 1 aliphatic heterocycles. The highest BCUT2D eigenvalue weighted by Crippen LogP contribution is 2.31. The maximum Gasteiger partial charge on any atom is 0.243 e. The van der Waals surface area contributed by atoms with E-state index in [9.17, 15) is 14.0 Å².